The molecule has 1 atom stereocenters. The number of rotatable bonds is 2. The van der Waals surface area contributed by atoms with E-state index in [1.807, 2.05) is 54.4 Å². The second-order valence-corrected chi connectivity index (χ2v) is 8.84. The van der Waals surface area contributed by atoms with Crippen LogP contribution in [0.25, 0.3) is 10.9 Å². The smallest absolute Gasteiger partial charge is 0.270 e. The number of benzene rings is 1. The van der Waals surface area contributed by atoms with Crippen molar-refractivity contribution in [3.05, 3.63) is 52.4 Å². The number of amides is 1. The summed E-state index contributed by atoms with van der Waals surface area (Å²) in [4.78, 5) is 29.9. The molecular weight excluding hydrogens is 386 g/mol. The zero-order chi connectivity index (χ0) is 20.2. The lowest BCUT2D eigenvalue weighted by molar-refractivity contribution is 0.0628. The molecule has 1 aromatic carbocycles. The van der Waals surface area contributed by atoms with Crippen molar-refractivity contribution in [3.63, 3.8) is 0 Å². The highest BCUT2D eigenvalue weighted by Gasteiger charge is 2.45. The van der Waals surface area contributed by atoms with Crippen LogP contribution in [0, 0.1) is 0 Å². The molecule has 5 rings (SSSR count). The molecule has 3 heterocycles. The third-order valence-electron chi connectivity index (χ3n) is 6.33. The predicted molar refractivity (Wildman–Crippen MR) is 115 cm³/mol. The summed E-state index contributed by atoms with van der Waals surface area (Å²) in [5.74, 6) is 0.769. The molecule has 1 aliphatic heterocycles. The first-order chi connectivity index (χ1) is 14.0. The Hall–Kier alpha value is -2.60. The van der Waals surface area contributed by atoms with E-state index in [0.29, 0.717) is 17.3 Å². The number of piperidine rings is 1. The molecule has 0 bridgehead atoms. The van der Waals surface area contributed by atoms with Crippen LogP contribution < -0.4 is 4.90 Å². The number of fused-ring (bicyclic) bond motifs is 3. The molecule has 7 heteroatoms. The van der Waals surface area contributed by atoms with Crippen LogP contribution in [0.1, 0.15) is 41.0 Å². The number of likely N-dealkylation sites (tertiary alicyclic amines) is 1. The van der Waals surface area contributed by atoms with Crippen molar-refractivity contribution in [2.75, 3.05) is 32.1 Å². The van der Waals surface area contributed by atoms with Gasteiger partial charge in [-0.05, 0) is 49.4 Å². The molecule has 1 spiro atoms. The summed E-state index contributed by atoms with van der Waals surface area (Å²) >= 11 is 6.29. The topological polar surface area (TPSA) is 65.1 Å². The molecule has 2 aromatic heterocycles. The monoisotopic (exact) mass is 409 g/mol. The number of H-pyrrole nitrogens is 1. The summed E-state index contributed by atoms with van der Waals surface area (Å²) in [7, 11) is 3.92. The Kier molecular flexibility index (Phi) is 4.28. The van der Waals surface area contributed by atoms with Crippen LogP contribution in [0.2, 0.25) is 5.02 Å². The second-order valence-electron chi connectivity index (χ2n) is 8.43. The van der Waals surface area contributed by atoms with Gasteiger partial charge in [0.2, 0.25) is 5.95 Å². The molecule has 6 nitrogen and oxygen atoms in total. The first-order valence-electron chi connectivity index (χ1n) is 10.1. The summed E-state index contributed by atoms with van der Waals surface area (Å²) in [6.45, 7) is 1.47. The van der Waals surface area contributed by atoms with Crippen LogP contribution in [-0.2, 0) is 11.8 Å². The molecule has 1 N–H and O–H groups in total. The first kappa shape index (κ1) is 18.4. The fourth-order valence-corrected chi connectivity index (χ4v) is 5.08. The van der Waals surface area contributed by atoms with Crippen molar-refractivity contribution in [2.45, 2.75) is 31.1 Å². The van der Waals surface area contributed by atoms with E-state index in [9.17, 15) is 4.79 Å². The molecule has 1 saturated heterocycles. The van der Waals surface area contributed by atoms with E-state index in [2.05, 4.69) is 9.97 Å². The van der Waals surface area contributed by atoms with Crippen LogP contribution in [0.15, 0.2) is 30.5 Å². The van der Waals surface area contributed by atoms with Gasteiger partial charge in [0.1, 0.15) is 5.69 Å². The maximum absolute atomic E-state index is 13.3. The molecule has 29 heavy (non-hydrogen) atoms. The average Bonchev–Trinajstić information content (AvgIpc) is 3.31. The summed E-state index contributed by atoms with van der Waals surface area (Å²) < 4.78 is 0. The number of aryl methyl sites for hydroxylation is 1. The Balaban J connectivity index is 1.46. The van der Waals surface area contributed by atoms with E-state index in [1.165, 1.54) is 5.56 Å². The van der Waals surface area contributed by atoms with Gasteiger partial charge < -0.3 is 14.8 Å². The highest BCUT2D eigenvalue weighted by molar-refractivity contribution is 6.35. The van der Waals surface area contributed by atoms with E-state index in [4.69, 9.17) is 16.6 Å². The number of hydrogen-bond acceptors (Lipinski definition) is 4. The lowest BCUT2D eigenvalue weighted by Gasteiger charge is -2.40. The van der Waals surface area contributed by atoms with Crippen LogP contribution in [0.3, 0.4) is 0 Å². The summed E-state index contributed by atoms with van der Waals surface area (Å²) in [5.41, 5.74) is 3.78. The fourth-order valence-electron chi connectivity index (χ4n) is 4.85. The van der Waals surface area contributed by atoms with Gasteiger partial charge in [-0.1, -0.05) is 17.7 Å². The van der Waals surface area contributed by atoms with Crippen molar-refractivity contribution < 1.29 is 4.79 Å². The van der Waals surface area contributed by atoms with Crippen LogP contribution in [0.4, 0.5) is 5.95 Å². The summed E-state index contributed by atoms with van der Waals surface area (Å²) in [6.07, 6.45) is 6.01. The van der Waals surface area contributed by atoms with Gasteiger partial charge >= 0.3 is 0 Å². The number of aromatic nitrogens is 3. The minimum absolute atomic E-state index is 0.0340. The zero-order valence-electron chi connectivity index (χ0n) is 16.7. The molecule has 0 saturated carbocycles. The maximum Gasteiger partial charge on any atom is 0.270 e. The Labute approximate surface area is 174 Å². The van der Waals surface area contributed by atoms with Gasteiger partial charge in [0.15, 0.2) is 0 Å². The maximum atomic E-state index is 13.3. The fraction of sp³-hybridized carbons (Fsp3) is 0.409. The molecule has 2 aliphatic rings. The molecule has 1 amide bonds. The SMILES string of the molecule is CN(C)c1ncc2c(n1)C1(CCCN(C(=O)c3cc4c(Cl)cccc4[nH]3)C1)CC2. The Morgan fingerprint density at radius 1 is 1.31 bits per heavy atom. The minimum Gasteiger partial charge on any atom is -0.350 e. The van der Waals surface area contributed by atoms with Crippen LogP contribution in [-0.4, -0.2) is 52.9 Å². The molecule has 1 unspecified atom stereocenters. The quantitative estimate of drug-likeness (QED) is 0.699. The van der Waals surface area contributed by atoms with E-state index in [1.54, 1.807) is 0 Å². The highest BCUT2D eigenvalue weighted by Crippen LogP contribution is 2.44. The lowest BCUT2D eigenvalue weighted by Crippen LogP contribution is -2.48. The standard InChI is InChI=1S/C22H24ClN5O/c1-27(2)21-24-12-14-7-9-22(19(14)26-21)8-4-10-28(13-22)20(29)18-11-15-16(23)5-3-6-17(15)25-18/h3,5-6,11-12,25H,4,7-10,13H2,1-2H3. The van der Waals surface area contributed by atoms with Crippen LogP contribution >= 0.6 is 11.6 Å². The van der Waals surface area contributed by atoms with Crippen molar-refractivity contribution in [2.24, 2.45) is 0 Å². The molecule has 1 fully saturated rings. The van der Waals surface area contributed by atoms with Gasteiger partial charge in [0, 0.05) is 54.7 Å². The summed E-state index contributed by atoms with van der Waals surface area (Å²) in [5, 5.41) is 1.55. The number of hydrogen-bond donors (Lipinski definition) is 1. The van der Waals surface area contributed by atoms with Gasteiger partial charge in [0.05, 0.1) is 5.69 Å². The second kappa shape index (κ2) is 6.73. The molecule has 3 aromatic rings. The number of carbonyl (C=O) groups excluding carboxylic acids is 1. The third kappa shape index (κ3) is 2.97. The number of aromatic amines is 1. The third-order valence-corrected chi connectivity index (χ3v) is 6.66. The predicted octanol–water partition coefficient (Wildman–Crippen LogP) is 3.80. The van der Waals surface area contributed by atoms with Crippen molar-refractivity contribution in [1.82, 2.24) is 19.9 Å². The Bertz CT molecular complexity index is 1100. The van der Waals surface area contributed by atoms with Gasteiger partial charge in [-0.3, -0.25) is 4.79 Å². The minimum atomic E-state index is -0.0688. The Morgan fingerprint density at radius 3 is 2.97 bits per heavy atom. The van der Waals surface area contributed by atoms with Crippen molar-refractivity contribution in [3.8, 4) is 0 Å². The molecule has 1 aliphatic carbocycles. The van der Waals surface area contributed by atoms with E-state index >= 15 is 0 Å². The molecular formula is C22H24ClN5O. The first-order valence-corrected chi connectivity index (χ1v) is 10.4. The largest absolute Gasteiger partial charge is 0.350 e. The van der Waals surface area contributed by atoms with Gasteiger partial charge in [0.25, 0.3) is 5.91 Å². The van der Waals surface area contributed by atoms with E-state index in [-0.39, 0.29) is 11.3 Å². The molecule has 0 radical (unpaired) electrons. The number of nitrogens with zero attached hydrogens (tertiary/aromatic N) is 4. The van der Waals surface area contributed by atoms with Crippen molar-refractivity contribution >= 4 is 34.4 Å². The summed E-state index contributed by atoms with van der Waals surface area (Å²) in [6, 6.07) is 7.56. The average molecular weight is 410 g/mol. The number of halogens is 1. The van der Waals surface area contributed by atoms with Gasteiger partial charge in [-0.2, -0.15) is 0 Å². The lowest BCUT2D eigenvalue weighted by atomic mass is 9.77. The highest BCUT2D eigenvalue weighted by atomic mass is 35.5. The van der Waals surface area contributed by atoms with Gasteiger partial charge in [-0.25, -0.2) is 9.97 Å². The van der Waals surface area contributed by atoms with E-state index < -0.39 is 0 Å². The number of nitrogens with one attached hydrogen (secondary N) is 1. The molecule has 150 valence electrons. The zero-order valence-corrected chi connectivity index (χ0v) is 17.5. The van der Waals surface area contributed by atoms with Crippen LogP contribution in [0.5, 0.6) is 0 Å². The van der Waals surface area contributed by atoms with E-state index in [0.717, 1.165) is 54.8 Å². The number of carbonyl (C=O) groups is 1. The van der Waals surface area contributed by atoms with Crippen molar-refractivity contribution in [1.29, 1.82) is 0 Å². The van der Waals surface area contributed by atoms with Gasteiger partial charge in [-0.15, -0.1) is 0 Å². The number of anilines is 1. The normalized spacial score (nSPS) is 21.0. The Morgan fingerprint density at radius 2 is 2.17 bits per heavy atom.